The Hall–Kier alpha value is -1.81. The van der Waals surface area contributed by atoms with E-state index in [-0.39, 0.29) is 6.04 Å². The maximum absolute atomic E-state index is 12.5. The van der Waals surface area contributed by atoms with Crippen molar-refractivity contribution in [2.45, 2.75) is 25.7 Å². The highest BCUT2D eigenvalue weighted by Crippen LogP contribution is 2.29. The van der Waals surface area contributed by atoms with E-state index in [2.05, 4.69) is 11.8 Å². The summed E-state index contributed by atoms with van der Waals surface area (Å²) < 4.78 is 37.6. The standard InChI is InChI=1S/C17H18F3N/c1-13(15-6-4-3-5-7-15)21(2)12-14-8-10-16(11-9-14)17(18,19)20/h3-11,13H,12H2,1-2H3. The molecule has 1 nitrogen and oxygen atoms in total. The quantitative estimate of drug-likeness (QED) is 0.775. The summed E-state index contributed by atoms with van der Waals surface area (Å²) in [7, 11) is 1.97. The highest BCUT2D eigenvalue weighted by Gasteiger charge is 2.29. The molecule has 2 aromatic carbocycles. The van der Waals surface area contributed by atoms with E-state index >= 15 is 0 Å². The number of halogens is 3. The molecule has 1 atom stereocenters. The van der Waals surface area contributed by atoms with Crippen LogP contribution in [0.3, 0.4) is 0 Å². The molecule has 2 rings (SSSR count). The zero-order chi connectivity index (χ0) is 15.5. The van der Waals surface area contributed by atoms with Crippen LogP contribution in [0, 0.1) is 0 Å². The first-order valence-electron chi connectivity index (χ1n) is 6.79. The van der Waals surface area contributed by atoms with E-state index in [0.29, 0.717) is 6.54 Å². The fraction of sp³-hybridized carbons (Fsp3) is 0.294. The van der Waals surface area contributed by atoms with E-state index in [9.17, 15) is 13.2 Å². The zero-order valence-corrected chi connectivity index (χ0v) is 12.1. The van der Waals surface area contributed by atoms with Gasteiger partial charge in [-0.15, -0.1) is 0 Å². The predicted molar refractivity (Wildman–Crippen MR) is 77.8 cm³/mol. The van der Waals surface area contributed by atoms with Crippen molar-refractivity contribution in [3.63, 3.8) is 0 Å². The second kappa shape index (κ2) is 6.31. The van der Waals surface area contributed by atoms with Crippen LogP contribution in [-0.2, 0) is 12.7 Å². The first kappa shape index (κ1) is 15.6. The molecule has 112 valence electrons. The van der Waals surface area contributed by atoms with Crippen LogP contribution >= 0.6 is 0 Å². The van der Waals surface area contributed by atoms with Crippen LogP contribution in [0.15, 0.2) is 54.6 Å². The van der Waals surface area contributed by atoms with E-state index in [4.69, 9.17) is 0 Å². The van der Waals surface area contributed by atoms with E-state index in [0.717, 1.165) is 17.7 Å². The molecule has 0 radical (unpaired) electrons. The molecule has 0 aromatic heterocycles. The van der Waals surface area contributed by atoms with Crippen LogP contribution in [-0.4, -0.2) is 11.9 Å². The average Bonchev–Trinajstić information content (AvgIpc) is 2.47. The zero-order valence-electron chi connectivity index (χ0n) is 12.1. The second-order valence-corrected chi connectivity index (χ2v) is 5.20. The fourth-order valence-electron chi connectivity index (χ4n) is 2.21. The lowest BCUT2D eigenvalue weighted by atomic mass is 10.1. The normalized spacial score (nSPS) is 13.4. The van der Waals surface area contributed by atoms with Crippen LogP contribution in [0.1, 0.15) is 29.7 Å². The van der Waals surface area contributed by atoms with E-state index in [1.807, 2.05) is 37.4 Å². The molecule has 0 fully saturated rings. The molecule has 0 saturated heterocycles. The summed E-state index contributed by atoms with van der Waals surface area (Å²) in [6.45, 7) is 2.69. The molecule has 0 aliphatic carbocycles. The van der Waals surface area contributed by atoms with Gasteiger partial charge in [-0.2, -0.15) is 13.2 Å². The summed E-state index contributed by atoms with van der Waals surface area (Å²) >= 11 is 0. The van der Waals surface area contributed by atoms with Gasteiger partial charge in [0, 0.05) is 12.6 Å². The smallest absolute Gasteiger partial charge is 0.295 e. The highest BCUT2D eigenvalue weighted by molar-refractivity contribution is 5.25. The molecule has 0 saturated carbocycles. The number of alkyl halides is 3. The van der Waals surface area contributed by atoms with Crippen molar-refractivity contribution < 1.29 is 13.2 Å². The average molecular weight is 293 g/mol. The SMILES string of the molecule is CC(c1ccccc1)N(C)Cc1ccc(C(F)(F)F)cc1. The minimum absolute atomic E-state index is 0.202. The van der Waals surface area contributed by atoms with Gasteiger partial charge >= 0.3 is 6.18 Å². The van der Waals surface area contributed by atoms with Crippen molar-refractivity contribution in [1.29, 1.82) is 0 Å². The van der Waals surface area contributed by atoms with Gasteiger partial charge in [0.2, 0.25) is 0 Å². The summed E-state index contributed by atoms with van der Waals surface area (Å²) in [5.41, 5.74) is 1.45. The second-order valence-electron chi connectivity index (χ2n) is 5.20. The Bertz CT molecular complexity index is 561. The summed E-state index contributed by atoms with van der Waals surface area (Å²) in [5, 5.41) is 0. The third-order valence-electron chi connectivity index (χ3n) is 3.66. The fourth-order valence-corrected chi connectivity index (χ4v) is 2.21. The van der Waals surface area contributed by atoms with Crippen molar-refractivity contribution >= 4 is 0 Å². The van der Waals surface area contributed by atoms with Crippen molar-refractivity contribution in [3.8, 4) is 0 Å². The summed E-state index contributed by atoms with van der Waals surface area (Å²) in [5.74, 6) is 0. The van der Waals surface area contributed by atoms with Gasteiger partial charge < -0.3 is 0 Å². The van der Waals surface area contributed by atoms with Gasteiger partial charge in [-0.25, -0.2) is 0 Å². The van der Waals surface area contributed by atoms with E-state index < -0.39 is 11.7 Å². The minimum atomic E-state index is -4.28. The maximum atomic E-state index is 12.5. The maximum Gasteiger partial charge on any atom is 0.416 e. The number of nitrogens with zero attached hydrogens (tertiary/aromatic N) is 1. The third-order valence-corrected chi connectivity index (χ3v) is 3.66. The molecule has 1 unspecified atom stereocenters. The van der Waals surface area contributed by atoms with Crippen LogP contribution < -0.4 is 0 Å². The van der Waals surface area contributed by atoms with Crippen molar-refractivity contribution in [2.75, 3.05) is 7.05 Å². The molecule has 0 aliphatic rings. The monoisotopic (exact) mass is 293 g/mol. The van der Waals surface area contributed by atoms with Gasteiger partial charge in [-0.1, -0.05) is 42.5 Å². The van der Waals surface area contributed by atoms with Crippen molar-refractivity contribution in [2.24, 2.45) is 0 Å². The molecule has 0 spiro atoms. The summed E-state index contributed by atoms with van der Waals surface area (Å²) in [6.07, 6.45) is -4.28. The Morgan fingerprint density at radius 2 is 1.52 bits per heavy atom. The molecule has 0 aliphatic heterocycles. The van der Waals surface area contributed by atoms with Gasteiger partial charge in [0.1, 0.15) is 0 Å². The van der Waals surface area contributed by atoms with Crippen LogP contribution in [0.2, 0.25) is 0 Å². The third kappa shape index (κ3) is 4.08. The lowest BCUT2D eigenvalue weighted by Crippen LogP contribution is -2.21. The van der Waals surface area contributed by atoms with Gasteiger partial charge in [0.05, 0.1) is 5.56 Å². The van der Waals surface area contributed by atoms with E-state index in [1.54, 1.807) is 0 Å². The highest BCUT2D eigenvalue weighted by atomic mass is 19.4. The van der Waals surface area contributed by atoms with Gasteiger partial charge in [-0.05, 0) is 37.2 Å². The van der Waals surface area contributed by atoms with E-state index in [1.165, 1.54) is 17.7 Å². The molecular weight excluding hydrogens is 275 g/mol. The molecule has 21 heavy (non-hydrogen) atoms. The number of benzene rings is 2. The topological polar surface area (TPSA) is 3.24 Å². The summed E-state index contributed by atoms with van der Waals surface area (Å²) in [4.78, 5) is 2.11. The van der Waals surface area contributed by atoms with Crippen LogP contribution in [0.25, 0.3) is 0 Å². The predicted octanol–water partition coefficient (Wildman–Crippen LogP) is 4.90. The Kier molecular flexibility index (Phi) is 4.68. The van der Waals surface area contributed by atoms with Gasteiger partial charge in [-0.3, -0.25) is 4.90 Å². The van der Waals surface area contributed by atoms with Gasteiger partial charge in [0.25, 0.3) is 0 Å². The molecule has 0 heterocycles. The molecule has 0 amide bonds. The first-order chi connectivity index (χ1) is 9.88. The number of hydrogen-bond acceptors (Lipinski definition) is 1. The Labute approximate surface area is 123 Å². The molecular formula is C17H18F3N. The Morgan fingerprint density at radius 1 is 0.952 bits per heavy atom. The Morgan fingerprint density at radius 3 is 2.05 bits per heavy atom. The van der Waals surface area contributed by atoms with Crippen molar-refractivity contribution in [3.05, 3.63) is 71.3 Å². The van der Waals surface area contributed by atoms with Crippen LogP contribution in [0.4, 0.5) is 13.2 Å². The molecule has 0 bridgehead atoms. The largest absolute Gasteiger partial charge is 0.416 e. The minimum Gasteiger partial charge on any atom is -0.295 e. The lowest BCUT2D eigenvalue weighted by molar-refractivity contribution is -0.137. The van der Waals surface area contributed by atoms with Crippen LogP contribution in [0.5, 0.6) is 0 Å². The Balaban J connectivity index is 2.04. The van der Waals surface area contributed by atoms with Crippen molar-refractivity contribution in [1.82, 2.24) is 4.90 Å². The molecule has 2 aromatic rings. The lowest BCUT2D eigenvalue weighted by Gasteiger charge is -2.25. The summed E-state index contributed by atoms with van der Waals surface area (Å²) in [6, 6.07) is 15.6. The van der Waals surface area contributed by atoms with Gasteiger partial charge in [0.15, 0.2) is 0 Å². The number of rotatable bonds is 4. The number of hydrogen-bond donors (Lipinski definition) is 0. The molecule has 0 N–H and O–H groups in total. The molecule has 4 heteroatoms. The first-order valence-corrected chi connectivity index (χ1v) is 6.79.